The molecule has 2 saturated heterocycles. The molecule has 2 aliphatic heterocycles. The third kappa shape index (κ3) is 1.96. The average molecular weight is 155 g/mol. The Balaban J connectivity index is 0.000000281. The smallest absolute Gasteiger partial charge is 0.00871 e. The zero-order chi connectivity index (χ0) is 8.27. The minimum atomic E-state index is 0.911. The topological polar surface area (TPSA) is 12.0 Å². The number of piperidine rings is 1. The summed E-state index contributed by atoms with van der Waals surface area (Å²) in [6, 6.07) is 1.82. The highest BCUT2D eigenvalue weighted by atomic mass is 15.0. The first-order chi connectivity index (χ1) is 5.38. The summed E-state index contributed by atoms with van der Waals surface area (Å²) in [6.45, 7) is 6.31. The van der Waals surface area contributed by atoms with E-state index in [2.05, 4.69) is 12.2 Å². The molecule has 2 atom stereocenters. The summed E-state index contributed by atoms with van der Waals surface area (Å²) in [6.07, 6.45) is 5.77. The second kappa shape index (κ2) is 4.10. The van der Waals surface area contributed by atoms with Gasteiger partial charge >= 0.3 is 0 Å². The Hall–Kier alpha value is -0.0400. The van der Waals surface area contributed by atoms with Crippen LogP contribution < -0.4 is 5.32 Å². The van der Waals surface area contributed by atoms with Gasteiger partial charge < -0.3 is 5.32 Å². The monoisotopic (exact) mass is 155 g/mol. The molecule has 11 heavy (non-hydrogen) atoms. The van der Waals surface area contributed by atoms with Crippen molar-refractivity contribution in [3.05, 3.63) is 0 Å². The van der Waals surface area contributed by atoms with Gasteiger partial charge in [-0.15, -0.1) is 0 Å². The van der Waals surface area contributed by atoms with Crippen molar-refractivity contribution in [2.45, 2.75) is 58.5 Å². The van der Waals surface area contributed by atoms with Gasteiger partial charge in [0.15, 0.2) is 0 Å². The van der Waals surface area contributed by atoms with E-state index in [1.54, 1.807) is 0 Å². The molecule has 0 radical (unpaired) electrons. The zero-order valence-electron chi connectivity index (χ0n) is 8.06. The molecular formula is C10H21N. The molecule has 2 unspecified atom stereocenters. The van der Waals surface area contributed by atoms with Crippen LogP contribution in [0.2, 0.25) is 0 Å². The van der Waals surface area contributed by atoms with Crippen LogP contribution in [-0.4, -0.2) is 12.1 Å². The molecule has 1 saturated carbocycles. The molecule has 0 aromatic rings. The van der Waals surface area contributed by atoms with Crippen LogP contribution in [0.5, 0.6) is 0 Å². The van der Waals surface area contributed by atoms with Crippen molar-refractivity contribution in [2.24, 2.45) is 5.92 Å². The van der Waals surface area contributed by atoms with Crippen molar-refractivity contribution < 1.29 is 0 Å². The molecule has 1 heteroatoms. The summed E-state index contributed by atoms with van der Waals surface area (Å²) in [4.78, 5) is 0. The fourth-order valence-electron chi connectivity index (χ4n) is 2.22. The van der Waals surface area contributed by atoms with Crippen molar-refractivity contribution in [1.82, 2.24) is 5.32 Å². The Bertz CT molecular complexity index is 95.4. The quantitative estimate of drug-likeness (QED) is 0.613. The molecule has 0 spiro atoms. The van der Waals surface area contributed by atoms with Crippen molar-refractivity contribution in [3.63, 3.8) is 0 Å². The van der Waals surface area contributed by atoms with Crippen LogP contribution in [0.1, 0.15) is 46.5 Å². The summed E-state index contributed by atoms with van der Waals surface area (Å²) in [7, 11) is 0. The molecule has 1 aliphatic carbocycles. The maximum Gasteiger partial charge on any atom is 0.00871 e. The number of fused-ring (bicyclic) bond motifs is 2. The lowest BCUT2D eigenvalue weighted by molar-refractivity contribution is 0.126. The number of hydrogen-bond acceptors (Lipinski definition) is 1. The first kappa shape index (κ1) is 9.05. The molecule has 1 nitrogen and oxygen atoms in total. The van der Waals surface area contributed by atoms with Gasteiger partial charge in [0.1, 0.15) is 0 Å². The van der Waals surface area contributed by atoms with Gasteiger partial charge in [-0.3, -0.25) is 0 Å². The van der Waals surface area contributed by atoms with Crippen LogP contribution in [0.25, 0.3) is 0 Å². The minimum absolute atomic E-state index is 0.911. The molecule has 3 fully saturated rings. The summed E-state index contributed by atoms with van der Waals surface area (Å²) in [5.74, 6) is 1.05. The Morgan fingerprint density at radius 2 is 1.55 bits per heavy atom. The summed E-state index contributed by atoms with van der Waals surface area (Å²) >= 11 is 0. The molecule has 2 bridgehead atoms. The van der Waals surface area contributed by atoms with E-state index >= 15 is 0 Å². The molecule has 2 heterocycles. The van der Waals surface area contributed by atoms with Crippen LogP contribution in [0, 0.1) is 5.92 Å². The highest BCUT2D eigenvalue weighted by Gasteiger charge is 2.36. The maximum absolute atomic E-state index is 3.54. The van der Waals surface area contributed by atoms with Gasteiger partial charge in [-0.05, 0) is 25.2 Å². The van der Waals surface area contributed by atoms with Gasteiger partial charge in [0.2, 0.25) is 0 Å². The van der Waals surface area contributed by atoms with Gasteiger partial charge in [0.05, 0.1) is 0 Å². The number of hydrogen-bond donors (Lipinski definition) is 1. The molecular weight excluding hydrogens is 134 g/mol. The number of rotatable bonds is 1. The van der Waals surface area contributed by atoms with Crippen LogP contribution >= 0.6 is 0 Å². The third-order valence-electron chi connectivity index (χ3n) is 2.85. The van der Waals surface area contributed by atoms with Crippen molar-refractivity contribution in [1.29, 1.82) is 0 Å². The normalized spacial score (nSPS) is 40.1. The Morgan fingerprint density at radius 3 is 1.82 bits per heavy atom. The standard InChI is InChI=1S/C8H15N.C2H6/c1-2-6-3-7-5-8(4-6)9-7;1-2/h6-9H,2-5H2,1H3;1-2H3. The van der Waals surface area contributed by atoms with E-state index in [9.17, 15) is 0 Å². The number of nitrogens with one attached hydrogen (secondary N) is 1. The molecule has 0 aromatic carbocycles. The Kier molecular flexibility index (Phi) is 3.38. The predicted molar refractivity (Wildman–Crippen MR) is 49.7 cm³/mol. The maximum atomic E-state index is 3.54. The van der Waals surface area contributed by atoms with E-state index in [1.165, 1.54) is 25.7 Å². The second-order valence-corrected chi connectivity index (χ2v) is 3.54. The lowest BCUT2D eigenvalue weighted by atomic mass is 9.75. The Morgan fingerprint density at radius 1 is 1.09 bits per heavy atom. The molecule has 0 amide bonds. The summed E-state index contributed by atoms with van der Waals surface area (Å²) in [5, 5.41) is 3.54. The fourth-order valence-corrected chi connectivity index (χ4v) is 2.22. The first-order valence-corrected chi connectivity index (χ1v) is 5.14. The van der Waals surface area contributed by atoms with Crippen molar-refractivity contribution >= 4 is 0 Å². The van der Waals surface area contributed by atoms with Gasteiger partial charge in [-0.1, -0.05) is 27.2 Å². The van der Waals surface area contributed by atoms with E-state index in [0.717, 1.165) is 18.0 Å². The van der Waals surface area contributed by atoms with Gasteiger partial charge in [0.25, 0.3) is 0 Å². The van der Waals surface area contributed by atoms with Crippen LogP contribution in [0.3, 0.4) is 0 Å². The SMILES string of the molecule is CC.CCC1CC2CC(C1)N2. The van der Waals surface area contributed by atoms with Gasteiger partial charge in [-0.2, -0.15) is 0 Å². The highest BCUT2D eigenvalue weighted by molar-refractivity contribution is 4.96. The Labute approximate surface area is 70.6 Å². The first-order valence-electron chi connectivity index (χ1n) is 5.14. The van der Waals surface area contributed by atoms with E-state index in [1.807, 2.05) is 13.8 Å². The van der Waals surface area contributed by atoms with E-state index in [0.29, 0.717) is 0 Å². The highest BCUT2D eigenvalue weighted by Crippen LogP contribution is 2.33. The summed E-state index contributed by atoms with van der Waals surface area (Å²) in [5.41, 5.74) is 0. The lowest BCUT2D eigenvalue weighted by Crippen LogP contribution is -2.57. The van der Waals surface area contributed by atoms with Gasteiger partial charge in [-0.25, -0.2) is 0 Å². The van der Waals surface area contributed by atoms with E-state index < -0.39 is 0 Å². The van der Waals surface area contributed by atoms with Crippen LogP contribution in [-0.2, 0) is 0 Å². The largest absolute Gasteiger partial charge is 0.311 e. The van der Waals surface area contributed by atoms with Crippen molar-refractivity contribution in [2.75, 3.05) is 0 Å². The second-order valence-electron chi connectivity index (χ2n) is 3.54. The molecule has 3 aliphatic rings. The van der Waals surface area contributed by atoms with Crippen molar-refractivity contribution in [3.8, 4) is 0 Å². The lowest BCUT2D eigenvalue weighted by Gasteiger charge is -2.46. The zero-order valence-corrected chi connectivity index (χ0v) is 8.06. The minimum Gasteiger partial charge on any atom is -0.311 e. The molecule has 3 rings (SSSR count). The predicted octanol–water partition coefficient (Wildman–Crippen LogP) is 2.56. The average Bonchev–Trinajstić information content (AvgIpc) is 2.07. The molecule has 0 aromatic heterocycles. The van der Waals surface area contributed by atoms with Crippen LogP contribution in [0.4, 0.5) is 0 Å². The third-order valence-corrected chi connectivity index (χ3v) is 2.85. The van der Waals surface area contributed by atoms with E-state index in [-0.39, 0.29) is 0 Å². The summed E-state index contributed by atoms with van der Waals surface area (Å²) < 4.78 is 0. The van der Waals surface area contributed by atoms with Crippen LogP contribution in [0.15, 0.2) is 0 Å². The molecule has 66 valence electrons. The van der Waals surface area contributed by atoms with E-state index in [4.69, 9.17) is 0 Å². The molecule has 1 N–H and O–H groups in total. The van der Waals surface area contributed by atoms with Gasteiger partial charge in [0, 0.05) is 12.1 Å². The fraction of sp³-hybridized carbons (Fsp3) is 1.00.